The number of benzene rings is 1. The van der Waals surface area contributed by atoms with Crippen molar-refractivity contribution in [2.24, 2.45) is 11.7 Å². The van der Waals surface area contributed by atoms with E-state index in [1.54, 1.807) is 6.92 Å². The van der Waals surface area contributed by atoms with E-state index >= 15 is 0 Å². The highest BCUT2D eigenvalue weighted by Crippen LogP contribution is 2.24. The fourth-order valence-electron chi connectivity index (χ4n) is 1.50. The summed E-state index contributed by atoms with van der Waals surface area (Å²) < 4.78 is 5.67. The van der Waals surface area contributed by atoms with Crippen LogP contribution in [-0.4, -0.2) is 24.6 Å². The highest BCUT2D eigenvalue weighted by atomic mass is 16.5. The zero-order valence-corrected chi connectivity index (χ0v) is 12.0. The van der Waals surface area contributed by atoms with Crippen LogP contribution < -0.4 is 21.1 Å². The van der Waals surface area contributed by atoms with Gasteiger partial charge in [0.15, 0.2) is 0 Å². The van der Waals surface area contributed by atoms with Crippen LogP contribution in [0.4, 0.5) is 10.5 Å². The van der Waals surface area contributed by atoms with Crippen LogP contribution in [0.3, 0.4) is 0 Å². The predicted molar refractivity (Wildman–Crippen MR) is 77.6 cm³/mol. The van der Waals surface area contributed by atoms with Crippen molar-refractivity contribution in [2.45, 2.75) is 26.8 Å². The summed E-state index contributed by atoms with van der Waals surface area (Å²) in [5.74, 6) is 0.578. The molecule has 0 saturated heterocycles. The number of hydrogen-bond donors (Lipinski definition) is 3. The predicted octanol–water partition coefficient (Wildman–Crippen LogP) is 1.72. The second kappa shape index (κ2) is 7.37. The number of para-hydroxylation sites is 2. The van der Waals surface area contributed by atoms with E-state index in [0.717, 1.165) is 0 Å². The maximum Gasteiger partial charge on any atom is 0.318 e. The van der Waals surface area contributed by atoms with Gasteiger partial charge >= 0.3 is 6.03 Å². The smallest absolute Gasteiger partial charge is 0.318 e. The molecule has 0 unspecified atom stereocenters. The molecule has 110 valence electrons. The first-order chi connectivity index (χ1) is 9.40. The summed E-state index contributed by atoms with van der Waals surface area (Å²) in [5, 5.41) is 5.02. The number of nitrogens with two attached hydrogens (primary N) is 1. The molecule has 0 bridgehead atoms. The molecule has 4 N–H and O–H groups in total. The number of carbonyl (C=O) groups is 2. The lowest BCUT2D eigenvalue weighted by atomic mass is 10.2. The van der Waals surface area contributed by atoms with E-state index in [1.807, 2.05) is 29.6 Å². The van der Waals surface area contributed by atoms with Crippen LogP contribution in [0.2, 0.25) is 0 Å². The fraction of sp³-hybridized carbons (Fsp3) is 0.429. The van der Waals surface area contributed by atoms with Crippen LogP contribution in [-0.2, 0) is 4.79 Å². The molecule has 0 fully saturated rings. The highest BCUT2D eigenvalue weighted by Gasteiger charge is 2.15. The standard InChI is InChI=1S/C14H21N3O3/c1-9(2)8-20-12-7-5-4-6-11(12)16-10(3)13(18)17-14(15)19/h4-7,9-10,16H,8H2,1-3H3,(H3,15,17,18,19)/t10-/m1/s1. The summed E-state index contributed by atoms with van der Waals surface area (Å²) in [5.41, 5.74) is 5.61. The summed E-state index contributed by atoms with van der Waals surface area (Å²) in [7, 11) is 0. The molecule has 1 atom stereocenters. The molecule has 0 heterocycles. The van der Waals surface area contributed by atoms with Gasteiger partial charge in [-0.1, -0.05) is 26.0 Å². The Hall–Kier alpha value is -2.24. The van der Waals surface area contributed by atoms with Gasteiger partial charge < -0.3 is 15.8 Å². The van der Waals surface area contributed by atoms with Crippen LogP contribution >= 0.6 is 0 Å². The number of anilines is 1. The Morgan fingerprint density at radius 2 is 1.90 bits per heavy atom. The minimum atomic E-state index is -0.868. The first-order valence-corrected chi connectivity index (χ1v) is 6.48. The van der Waals surface area contributed by atoms with Crippen molar-refractivity contribution in [3.63, 3.8) is 0 Å². The molecule has 1 rings (SSSR count). The Labute approximate surface area is 118 Å². The number of ether oxygens (including phenoxy) is 1. The summed E-state index contributed by atoms with van der Waals surface area (Å²) >= 11 is 0. The van der Waals surface area contributed by atoms with Crippen molar-refractivity contribution in [1.29, 1.82) is 0 Å². The number of imide groups is 1. The van der Waals surface area contributed by atoms with Gasteiger partial charge in [-0.05, 0) is 25.0 Å². The van der Waals surface area contributed by atoms with Crippen LogP contribution in [0, 0.1) is 5.92 Å². The molecule has 3 amide bonds. The largest absolute Gasteiger partial charge is 0.491 e. The van der Waals surface area contributed by atoms with Gasteiger partial charge in [0.1, 0.15) is 11.8 Å². The third-order valence-corrected chi connectivity index (χ3v) is 2.47. The van der Waals surface area contributed by atoms with Crippen molar-refractivity contribution >= 4 is 17.6 Å². The lowest BCUT2D eigenvalue weighted by molar-refractivity contribution is -0.120. The Kier molecular flexibility index (Phi) is 5.83. The van der Waals surface area contributed by atoms with Crippen LogP contribution in [0.5, 0.6) is 5.75 Å². The second-order valence-electron chi connectivity index (χ2n) is 4.92. The highest BCUT2D eigenvalue weighted by molar-refractivity contribution is 5.97. The number of amides is 3. The molecule has 20 heavy (non-hydrogen) atoms. The summed E-state index contributed by atoms with van der Waals surface area (Å²) in [6, 6.07) is 5.85. The first-order valence-electron chi connectivity index (χ1n) is 6.48. The van der Waals surface area contributed by atoms with Gasteiger partial charge in [-0.3, -0.25) is 10.1 Å². The molecular formula is C14H21N3O3. The third kappa shape index (κ3) is 5.17. The fourth-order valence-corrected chi connectivity index (χ4v) is 1.50. The molecule has 0 aliphatic rings. The Balaban J connectivity index is 2.71. The van der Waals surface area contributed by atoms with E-state index in [4.69, 9.17) is 10.5 Å². The summed E-state index contributed by atoms with van der Waals surface area (Å²) in [6.07, 6.45) is 0. The second-order valence-corrected chi connectivity index (χ2v) is 4.92. The maximum atomic E-state index is 11.6. The van der Waals surface area contributed by atoms with Crippen LogP contribution in [0.25, 0.3) is 0 Å². The monoisotopic (exact) mass is 279 g/mol. The number of hydrogen-bond acceptors (Lipinski definition) is 4. The number of carbonyl (C=O) groups excluding carboxylic acids is 2. The van der Waals surface area contributed by atoms with Crippen molar-refractivity contribution in [2.75, 3.05) is 11.9 Å². The van der Waals surface area contributed by atoms with E-state index < -0.39 is 18.0 Å². The van der Waals surface area contributed by atoms with Gasteiger partial charge in [-0.25, -0.2) is 4.79 Å². The molecule has 0 saturated carbocycles. The normalized spacial score (nSPS) is 11.8. The maximum absolute atomic E-state index is 11.6. The lowest BCUT2D eigenvalue weighted by Gasteiger charge is -2.18. The van der Waals surface area contributed by atoms with Crippen molar-refractivity contribution in [3.05, 3.63) is 24.3 Å². The van der Waals surface area contributed by atoms with E-state index in [2.05, 4.69) is 19.2 Å². The summed E-state index contributed by atoms with van der Waals surface area (Å²) in [4.78, 5) is 22.3. The summed E-state index contributed by atoms with van der Waals surface area (Å²) in [6.45, 7) is 6.33. The number of primary amides is 1. The molecule has 0 aliphatic heterocycles. The molecule has 0 spiro atoms. The van der Waals surface area contributed by atoms with Crippen molar-refractivity contribution in [3.8, 4) is 5.75 Å². The van der Waals surface area contributed by atoms with Gasteiger partial charge in [0.2, 0.25) is 5.91 Å². The number of rotatable bonds is 6. The molecule has 0 radical (unpaired) electrons. The van der Waals surface area contributed by atoms with Gasteiger partial charge in [-0.15, -0.1) is 0 Å². The van der Waals surface area contributed by atoms with E-state index in [9.17, 15) is 9.59 Å². The Bertz CT molecular complexity index is 474. The van der Waals surface area contributed by atoms with Crippen LogP contribution in [0.1, 0.15) is 20.8 Å². The van der Waals surface area contributed by atoms with E-state index in [-0.39, 0.29) is 0 Å². The zero-order chi connectivity index (χ0) is 15.1. The molecule has 6 heteroatoms. The average Bonchev–Trinajstić information content (AvgIpc) is 2.36. The quantitative estimate of drug-likeness (QED) is 0.739. The van der Waals surface area contributed by atoms with Gasteiger partial charge in [0.25, 0.3) is 0 Å². The van der Waals surface area contributed by atoms with Gasteiger partial charge in [-0.2, -0.15) is 0 Å². The lowest BCUT2D eigenvalue weighted by Crippen LogP contribution is -2.43. The molecule has 0 aliphatic carbocycles. The molecule has 0 aromatic heterocycles. The average molecular weight is 279 g/mol. The minimum absolute atomic E-state index is 0.402. The van der Waals surface area contributed by atoms with Gasteiger partial charge in [0, 0.05) is 0 Å². The van der Waals surface area contributed by atoms with E-state index in [1.165, 1.54) is 0 Å². The molecule has 1 aromatic carbocycles. The van der Waals surface area contributed by atoms with Crippen molar-refractivity contribution < 1.29 is 14.3 Å². The third-order valence-electron chi connectivity index (χ3n) is 2.47. The topological polar surface area (TPSA) is 93.4 Å². The first kappa shape index (κ1) is 15.8. The van der Waals surface area contributed by atoms with E-state index in [0.29, 0.717) is 24.0 Å². The van der Waals surface area contributed by atoms with Crippen molar-refractivity contribution in [1.82, 2.24) is 5.32 Å². The number of urea groups is 1. The molecule has 6 nitrogen and oxygen atoms in total. The Morgan fingerprint density at radius 3 is 2.50 bits per heavy atom. The minimum Gasteiger partial charge on any atom is -0.491 e. The van der Waals surface area contributed by atoms with Gasteiger partial charge in [0.05, 0.1) is 12.3 Å². The molecule has 1 aromatic rings. The SMILES string of the molecule is CC(C)COc1ccccc1N[C@H](C)C(=O)NC(N)=O. The Morgan fingerprint density at radius 1 is 1.25 bits per heavy atom. The number of nitrogens with one attached hydrogen (secondary N) is 2. The molecular weight excluding hydrogens is 258 g/mol. The van der Waals surface area contributed by atoms with Crippen LogP contribution in [0.15, 0.2) is 24.3 Å². The zero-order valence-electron chi connectivity index (χ0n) is 12.0.